The van der Waals surface area contributed by atoms with Gasteiger partial charge >= 0.3 is 6.03 Å². The number of methoxy groups -OCH3 is 1. The van der Waals surface area contributed by atoms with Gasteiger partial charge in [0.25, 0.3) is 0 Å². The SMILES string of the molecule is CNC(=O)NCCn1c(-c2ccc(N3CCOCC3)cc2)csc1=Nc1ccc(OC)cc1. The fourth-order valence-electron chi connectivity index (χ4n) is 3.67. The van der Waals surface area contributed by atoms with Crippen molar-refractivity contribution in [3.05, 3.63) is 58.7 Å². The molecule has 3 aromatic rings. The first-order valence-corrected chi connectivity index (χ1v) is 11.8. The predicted octanol–water partition coefficient (Wildman–Crippen LogP) is 3.22. The van der Waals surface area contributed by atoms with Crippen molar-refractivity contribution < 1.29 is 14.3 Å². The van der Waals surface area contributed by atoms with E-state index in [0.717, 1.165) is 53.8 Å². The van der Waals surface area contributed by atoms with E-state index >= 15 is 0 Å². The minimum absolute atomic E-state index is 0.198. The minimum Gasteiger partial charge on any atom is -0.497 e. The van der Waals surface area contributed by atoms with E-state index in [1.54, 1.807) is 25.5 Å². The second kappa shape index (κ2) is 11.0. The normalized spacial score (nSPS) is 14.2. The summed E-state index contributed by atoms with van der Waals surface area (Å²) in [5, 5.41) is 7.57. The first-order valence-electron chi connectivity index (χ1n) is 10.9. The molecule has 0 spiro atoms. The molecular formula is C24H29N5O3S. The monoisotopic (exact) mass is 467 g/mol. The van der Waals surface area contributed by atoms with Crippen molar-refractivity contribution >= 4 is 28.7 Å². The number of anilines is 1. The highest BCUT2D eigenvalue weighted by Gasteiger charge is 2.13. The number of aromatic nitrogens is 1. The van der Waals surface area contributed by atoms with Crippen LogP contribution in [0.15, 0.2) is 58.9 Å². The van der Waals surface area contributed by atoms with Crippen LogP contribution in [0.25, 0.3) is 11.3 Å². The lowest BCUT2D eigenvalue weighted by molar-refractivity contribution is 0.122. The highest BCUT2D eigenvalue weighted by Crippen LogP contribution is 2.25. The maximum absolute atomic E-state index is 11.6. The van der Waals surface area contributed by atoms with Gasteiger partial charge in [-0.15, -0.1) is 11.3 Å². The van der Waals surface area contributed by atoms with Gasteiger partial charge in [0.2, 0.25) is 0 Å². The molecule has 4 rings (SSSR count). The Labute approximate surface area is 197 Å². The van der Waals surface area contributed by atoms with E-state index in [-0.39, 0.29) is 6.03 Å². The van der Waals surface area contributed by atoms with Gasteiger partial charge < -0.3 is 29.6 Å². The zero-order chi connectivity index (χ0) is 23.0. The number of hydrogen-bond donors (Lipinski definition) is 2. The Bertz CT molecular complexity index is 1120. The molecule has 1 aromatic heterocycles. The van der Waals surface area contributed by atoms with Crippen LogP contribution >= 0.6 is 11.3 Å². The first-order chi connectivity index (χ1) is 16.2. The maximum atomic E-state index is 11.6. The number of thiazole rings is 1. The van der Waals surface area contributed by atoms with Crippen LogP contribution < -0.4 is 25.1 Å². The van der Waals surface area contributed by atoms with Crippen molar-refractivity contribution in [2.24, 2.45) is 4.99 Å². The lowest BCUT2D eigenvalue weighted by atomic mass is 10.1. The molecule has 0 aliphatic carbocycles. The Kier molecular flexibility index (Phi) is 7.64. The van der Waals surface area contributed by atoms with Crippen LogP contribution in [0.5, 0.6) is 5.75 Å². The standard InChI is InChI=1S/C24H29N5O3S/c1-25-23(30)26-11-12-29-22(17-33-24(29)27-19-5-9-21(31-2)10-6-19)18-3-7-20(8-4-18)28-13-15-32-16-14-28/h3-10,17H,11-16H2,1-2H3,(H2,25,26,30). The lowest BCUT2D eigenvalue weighted by Gasteiger charge is -2.28. The summed E-state index contributed by atoms with van der Waals surface area (Å²) in [6.45, 7) is 4.45. The summed E-state index contributed by atoms with van der Waals surface area (Å²) in [6, 6.07) is 16.1. The number of rotatable bonds is 7. The van der Waals surface area contributed by atoms with Crippen LogP contribution in [0.2, 0.25) is 0 Å². The topological polar surface area (TPSA) is 80.1 Å². The average Bonchev–Trinajstić information content (AvgIpc) is 3.27. The van der Waals surface area contributed by atoms with Gasteiger partial charge in [0.05, 0.1) is 31.7 Å². The summed E-state index contributed by atoms with van der Waals surface area (Å²) in [5.74, 6) is 0.795. The second-order valence-corrected chi connectivity index (χ2v) is 8.35. The number of carbonyl (C=O) groups excluding carboxylic acids is 1. The Balaban J connectivity index is 1.63. The van der Waals surface area contributed by atoms with Crippen LogP contribution in [-0.4, -0.2) is 57.6 Å². The molecule has 1 fully saturated rings. The van der Waals surface area contributed by atoms with Crippen molar-refractivity contribution in [2.75, 3.05) is 51.9 Å². The molecule has 0 radical (unpaired) electrons. The third kappa shape index (κ3) is 5.74. The number of ether oxygens (including phenoxy) is 2. The highest BCUT2D eigenvalue weighted by molar-refractivity contribution is 7.07. The molecule has 1 aliphatic heterocycles. The molecule has 0 saturated carbocycles. The van der Waals surface area contributed by atoms with E-state index < -0.39 is 0 Å². The van der Waals surface area contributed by atoms with Crippen molar-refractivity contribution in [1.29, 1.82) is 0 Å². The van der Waals surface area contributed by atoms with Crippen LogP contribution in [0.1, 0.15) is 0 Å². The Morgan fingerprint density at radius 3 is 2.52 bits per heavy atom. The fraction of sp³-hybridized carbons (Fsp3) is 0.333. The zero-order valence-electron chi connectivity index (χ0n) is 18.9. The van der Waals surface area contributed by atoms with Gasteiger partial charge in [-0.05, 0) is 42.0 Å². The molecular weight excluding hydrogens is 438 g/mol. The van der Waals surface area contributed by atoms with E-state index in [2.05, 4.69) is 49.7 Å². The third-order valence-electron chi connectivity index (χ3n) is 5.48. The quantitative estimate of drug-likeness (QED) is 0.559. The van der Waals surface area contributed by atoms with Crippen LogP contribution in [-0.2, 0) is 11.3 Å². The molecule has 2 heterocycles. The van der Waals surface area contributed by atoms with Gasteiger partial charge in [-0.3, -0.25) is 0 Å². The summed E-state index contributed by atoms with van der Waals surface area (Å²) < 4.78 is 12.9. The molecule has 2 N–H and O–H groups in total. The molecule has 1 saturated heterocycles. The van der Waals surface area contributed by atoms with Crippen molar-refractivity contribution in [3.63, 3.8) is 0 Å². The van der Waals surface area contributed by atoms with Crippen molar-refractivity contribution in [2.45, 2.75) is 6.54 Å². The molecule has 0 unspecified atom stereocenters. The number of nitrogens with one attached hydrogen (secondary N) is 2. The molecule has 0 atom stereocenters. The number of hydrogen-bond acceptors (Lipinski definition) is 6. The molecule has 1 aliphatic rings. The smallest absolute Gasteiger partial charge is 0.314 e. The second-order valence-electron chi connectivity index (χ2n) is 7.52. The highest BCUT2D eigenvalue weighted by atomic mass is 32.1. The molecule has 174 valence electrons. The zero-order valence-corrected chi connectivity index (χ0v) is 19.7. The summed E-state index contributed by atoms with van der Waals surface area (Å²) in [6.07, 6.45) is 0. The summed E-state index contributed by atoms with van der Waals surface area (Å²) in [7, 11) is 3.26. The molecule has 2 amide bonds. The fourth-order valence-corrected chi connectivity index (χ4v) is 4.62. The van der Waals surface area contributed by atoms with E-state index in [1.807, 2.05) is 24.3 Å². The van der Waals surface area contributed by atoms with Crippen LogP contribution in [0.3, 0.4) is 0 Å². The van der Waals surface area contributed by atoms with Gasteiger partial charge in [-0.1, -0.05) is 12.1 Å². The molecule has 8 nitrogen and oxygen atoms in total. The van der Waals surface area contributed by atoms with E-state index in [4.69, 9.17) is 14.5 Å². The van der Waals surface area contributed by atoms with Crippen molar-refractivity contribution in [1.82, 2.24) is 15.2 Å². The Hall–Kier alpha value is -3.30. The number of urea groups is 1. The molecule has 0 bridgehead atoms. The van der Waals surface area contributed by atoms with Crippen molar-refractivity contribution in [3.8, 4) is 17.0 Å². The van der Waals surface area contributed by atoms with E-state index in [0.29, 0.717) is 13.1 Å². The summed E-state index contributed by atoms with van der Waals surface area (Å²) in [4.78, 5) is 19.7. The Morgan fingerprint density at radius 1 is 1.12 bits per heavy atom. The summed E-state index contributed by atoms with van der Waals surface area (Å²) >= 11 is 1.58. The Morgan fingerprint density at radius 2 is 1.85 bits per heavy atom. The van der Waals surface area contributed by atoms with Gasteiger partial charge in [0, 0.05) is 44.3 Å². The van der Waals surface area contributed by atoms with E-state index in [9.17, 15) is 4.79 Å². The van der Waals surface area contributed by atoms with Crippen LogP contribution in [0, 0.1) is 0 Å². The minimum atomic E-state index is -0.198. The van der Waals surface area contributed by atoms with Gasteiger partial charge in [-0.25, -0.2) is 9.79 Å². The number of nitrogens with zero attached hydrogens (tertiary/aromatic N) is 3. The number of amides is 2. The maximum Gasteiger partial charge on any atom is 0.314 e. The molecule has 33 heavy (non-hydrogen) atoms. The average molecular weight is 468 g/mol. The molecule has 9 heteroatoms. The lowest BCUT2D eigenvalue weighted by Crippen LogP contribution is -2.36. The van der Waals surface area contributed by atoms with Gasteiger partial charge in [0.15, 0.2) is 4.80 Å². The van der Waals surface area contributed by atoms with E-state index in [1.165, 1.54) is 5.69 Å². The van der Waals surface area contributed by atoms with Gasteiger partial charge in [0.1, 0.15) is 5.75 Å². The van der Waals surface area contributed by atoms with Crippen LogP contribution in [0.4, 0.5) is 16.2 Å². The number of morpholine rings is 1. The number of carbonyl (C=O) groups is 1. The number of benzene rings is 2. The largest absolute Gasteiger partial charge is 0.497 e. The van der Waals surface area contributed by atoms with Gasteiger partial charge in [-0.2, -0.15) is 0 Å². The summed E-state index contributed by atoms with van der Waals surface area (Å²) in [5.41, 5.74) is 4.23. The first kappa shape index (κ1) is 22.9. The predicted molar refractivity (Wildman–Crippen MR) is 131 cm³/mol. The third-order valence-corrected chi connectivity index (χ3v) is 6.35. The molecule has 2 aromatic carbocycles.